The van der Waals surface area contributed by atoms with E-state index in [1.807, 2.05) is 0 Å². The highest BCUT2D eigenvalue weighted by atomic mass is 28.4. The van der Waals surface area contributed by atoms with Gasteiger partial charge in [0.05, 0.1) is 0 Å². The summed E-state index contributed by atoms with van der Waals surface area (Å²) < 4.78 is 13.6. The molecule has 0 bridgehead atoms. The molecule has 2 aromatic rings. The molecule has 2 rings (SSSR count). The maximum atomic E-state index is 7.03. The molecule has 0 aromatic heterocycles. The van der Waals surface area contributed by atoms with Crippen molar-refractivity contribution in [2.45, 2.75) is 129 Å². The maximum Gasteiger partial charge on any atom is 0.261 e. The molecule has 37 heavy (non-hydrogen) atoms. The van der Waals surface area contributed by atoms with Gasteiger partial charge in [0.2, 0.25) is 0 Å². The van der Waals surface area contributed by atoms with Crippen LogP contribution < -0.4 is 10.4 Å². The Hall–Kier alpha value is -1.21. The molecule has 0 spiro atoms. The monoisotopic (exact) mass is 540 g/mol. The molecular formula is C33H56O2Si2. The Labute approximate surface area is 231 Å². The maximum absolute atomic E-state index is 7.03. The molecule has 0 aliphatic rings. The minimum absolute atomic E-state index is 0.0596. The average Bonchev–Trinajstić information content (AvgIpc) is 2.91. The lowest BCUT2D eigenvalue weighted by Crippen LogP contribution is -2.66. The van der Waals surface area contributed by atoms with Gasteiger partial charge in [-0.15, -0.1) is 0 Å². The second kappa shape index (κ2) is 16.0. The third kappa shape index (κ3) is 9.19. The molecule has 0 aliphatic heterocycles. The van der Waals surface area contributed by atoms with E-state index in [2.05, 4.69) is 109 Å². The van der Waals surface area contributed by atoms with Crippen LogP contribution in [-0.4, -0.2) is 29.3 Å². The normalized spacial score (nSPS) is 13.6. The molecule has 0 radical (unpaired) electrons. The summed E-state index contributed by atoms with van der Waals surface area (Å²) in [6.45, 7) is 17.2. The predicted octanol–water partition coefficient (Wildman–Crippen LogP) is 9.09. The minimum atomic E-state index is -2.38. The van der Waals surface area contributed by atoms with Crippen LogP contribution in [0.25, 0.3) is 0 Å². The topological polar surface area (TPSA) is 18.5 Å². The van der Waals surface area contributed by atoms with Crippen molar-refractivity contribution in [2.24, 2.45) is 0 Å². The molecule has 2 aromatic carbocycles. The zero-order valence-corrected chi connectivity index (χ0v) is 27.2. The Kier molecular flexibility index (Phi) is 13.9. The summed E-state index contributed by atoms with van der Waals surface area (Å²) in [5, 5.41) is 2.82. The van der Waals surface area contributed by atoms with Crippen molar-refractivity contribution in [1.29, 1.82) is 0 Å². The first-order valence-corrected chi connectivity index (χ1v) is 19.6. The largest absolute Gasteiger partial charge is 0.414 e. The number of rotatable bonds is 18. The van der Waals surface area contributed by atoms with Crippen molar-refractivity contribution in [3.05, 3.63) is 60.7 Å². The van der Waals surface area contributed by atoms with E-state index in [-0.39, 0.29) is 5.04 Å². The van der Waals surface area contributed by atoms with Gasteiger partial charge in [-0.3, -0.25) is 0 Å². The van der Waals surface area contributed by atoms with E-state index in [0.29, 0.717) is 6.10 Å². The summed E-state index contributed by atoms with van der Waals surface area (Å²) >= 11 is 0. The van der Waals surface area contributed by atoms with Crippen LogP contribution in [0.15, 0.2) is 60.7 Å². The first-order chi connectivity index (χ1) is 17.7. The SMILES string of the molecule is CC[Si](CC)(CC)OC(C)CCCCCCCCCO[Si](c1ccccc1)(c1ccccc1)C(C)(C)C. The van der Waals surface area contributed by atoms with Crippen LogP contribution in [0.5, 0.6) is 0 Å². The van der Waals surface area contributed by atoms with Crippen molar-refractivity contribution in [3.8, 4) is 0 Å². The van der Waals surface area contributed by atoms with E-state index >= 15 is 0 Å². The van der Waals surface area contributed by atoms with Gasteiger partial charge in [0.1, 0.15) is 0 Å². The Morgan fingerprint density at radius 1 is 0.649 bits per heavy atom. The lowest BCUT2D eigenvalue weighted by Gasteiger charge is -2.43. The van der Waals surface area contributed by atoms with Crippen molar-refractivity contribution in [3.63, 3.8) is 0 Å². The van der Waals surface area contributed by atoms with Gasteiger partial charge in [0.15, 0.2) is 8.32 Å². The summed E-state index contributed by atoms with van der Waals surface area (Å²) in [6.07, 6.45) is 10.7. The number of hydrogen-bond donors (Lipinski definition) is 0. The fourth-order valence-corrected chi connectivity index (χ4v) is 13.5. The summed E-state index contributed by atoms with van der Waals surface area (Å²) in [5.74, 6) is 0. The minimum Gasteiger partial charge on any atom is -0.414 e. The van der Waals surface area contributed by atoms with Crippen LogP contribution >= 0.6 is 0 Å². The van der Waals surface area contributed by atoms with Gasteiger partial charge in [-0.05, 0) is 53.3 Å². The smallest absolute Gasteiger partial charge is 0.261 e. The van der Waals surface area contributed by atoms with Crippen LogP contribution in [0.3, 0.4) is 0 Å². The molecule has 4 heteroatoms. The van der Waals surface area contributed by atoms with Crippen LogP contribution in [0.2, 0.25) is 23.2 Å². The van der Waals surface area contributed by atoms with Crippen molar-refractivity contribution in [1.82, 2.24) is 0 Å². The van der Waals surface area contributed by atoms with Gasteiger partial charge in [0, 0.05) is 12.7 Å². The zero-order valence-electron chi connectivity index (χ0n) is 25.2. The van der Waals surface area contributed by atoms with Crippen LogP contribution in [0.4, 0.5) is 0 Å². The van der Waals surface area contributed by atoms with Crippen LogP contribution in [-0.2, 0) is 8.85 Å². The van der Waals surface area contributed by atoms with Crippen molar-refractivity contribution < 1.29 is 8.85 Å². The highest BCUT2D eigenvalue weighted by Gasteiger charge is 2.49. The molecule has 1 atom stereocenters. The molecule has 1 unspecified atom stereocenters. The number of unbranched alkanes of at least 4 members (excludes halogenated alkanes) is 6. The van der Waals surface area contributed by atoms with Gasteiger partial charge in [-0.25, -0.2) is 0 Å². The lowest BCUT2D eigenvalue weighted by atomic mass is 10.1. The summed E-state index contributed by atoms with van der Waals surface area (Å²) in [4.78, 5) is 0. The number of benzene rings is 2. The Balaban J connectivity index is 1.77. The predicted molar refractivity (Wildman–Crippen MR) is 168 cm³/mol. The molecule has 0 heterocycles. The van der Waals surface area contributed by atoms with E-state index in [1.165, 1.54) is 73.5 Å². The zero-order chi connectivity index (χ0) is 27.2. The molecule has 0 aliphatic carbocycles. The quantitative estimate of drug-likeness (QED) is 0.139. The summed E-state index contributed by atoms with van der Waals surface area (Å²) in [5.41, 5.74) is 0. The third-order valence-corrected chi connectivity index (χ3v) is 18.2. The lowest BCUT2D eigenvalue weighted by molar-refractivity contribution is 0.191. The van der Waals surface area contributed by atoms with Crippen molar-refractivity contribution >= 4 is 27.0 Å². The molecule has 208 valence electrons. The second-order valence-electron chi connectivity index (χ2n) is 11.9. The third-order valence-electron chi connectivity index (χ3n) is 8.37. The molecule has 0 N–H and O–H groups in total. The Morgan fingerprint density at radius 2 is 1.08 bits per heavy atom. The van der Waals surface area contributed by atoms with Gasteiger partial charge in [-0.2, -0.15) is 0 Å². The first-order valence-electron chi connectivity index (χ1n) is 15.2. The highest BCUT2D eigenvalue weighted by Crippen LogP contribution is 2.37. The Bertz CT molecular complexity index is 796. The standard InChI is InChI=1S/C33H56O2Si2/c1-8-36(9-2,10-3)35-30(4)24-18-14-12-11-13-15-23-29-34-37(33(5,6)7,31-25-19-16-20-26-31)32-27-21-17-22-28-32/h16-17,19-22,25-28,30H,8-15,18,23-24,29H2,1-7H3. The fourth-order valence-electron chi connectivity index (χ4n) is 5.89. The molecule has 0 amide bonds. The first kappa shape index (κ1) is 32.0. The molecule has 0 fully saturated rings. The van der Waals surface area contributed by atoms with Gasteiger partial charge in [-0.1, -0.05) is 141 Å². The fraction of sp³-hybridized carbons (Fsp3) is 0.636. The second-order valence-corrected chi connectivity index (χ2v) is 21.0. The van der Waals surface area contributed by atoms with Crippen LogP contribution in [0, 0.1) is 0 Å². The van der Waals surface area contributed by atoms with Gasteiger partial charge >= 0.3 is 0 Å². The van der Waals surface area contributed by atoms with E-state index in [9.17, 15) is 0 Å². The highest BCUT2D eigenvalue weighted by molar-refractivity contribution is 6.99. The van der Waals surface area contributed by atoms with Crippen LogP contribution in [0.1, 0.15) is 99.8 Å². The molecule has 0 saturated carbocycles. The van der Waals surface area contributed by atoms with Crippen molar-refractivity contribution in [2.75, 3.05) is 6.61 Å². The van der Waals surface area contributed by atoms with Gasteiger partial charge < -0.3 is 8.85 Å². The van der Waals surface area contributed by atoms with E-state index in [1.54, 1.807) is 0 Å². The number of hydrogen-bond acceptors (Lipinski definition) is 2. The Morgan fingerprint density at radius 3 is 1.51 bits per heavy atom. The summed E-state index contributed by atoms with van der Waals surface area (Å²) in [6, 6.07) is 25.8. The average molecular weight is 541 g/mol. The van der Waals surface area contributed by atoms with E-state index < -0.39 is 16.6 Å². The molecule has 0 saturated heterocycles. The molecular weight excluding hydrogens is 485 g/mol. The molecule has 2 nitrogen and oxygen atoms in total. The van der Waals surface area contributed by atoms with Gasteiger partial charge in [0.25, 0.3) is 8.32 Å². The van der Waals surface area contributed by atoms with E-state index in [4.69, 9.17) is 8.85 Å². The summed E-state index contributed by atoms with van der Waals surface area (Å²) in [7, 11) is -3.83. The van der Waals surface area contributed by atoms with E-state index in [0.717, 1.165) is 13.0 Å².